The van der Waals surface area contributed by atoms with Crippen LogP contribution < -0.4 is 0 Å². The monoisotopic (exact) mass is 196 g/mol. The van der Waals surface area contributed by atoms with Gasteiger partial charge in [-0.3, -0.25) is 0 Å². The Bertz CT molecular complexity index is 363. The zero-order chi connectivity index (χ0) is 9.26. The number of fused-ring (bicyclic) bond motifs is 1. The molecule has 0 unspecified atom stereocenters. The van der Waals surface area contributed by atoms with Gasteiger partial charge < -0.3 is 5.21 Å². The zero-order valence-electron chi connectivity index (χ0n) is 7.00. The first-order valence-electron chi connectivity index (χ1n) is 4.18. The highest BCUT2D eigenvalue weighted by atomic mass is 35.5. The Labute approximate surface area is 81.1 Å². The molecule has 1 aliphatic carbocycles. The number of aryl methyl sites for hydroxylation is 1. The van der Waals surface area contributed by atoms with Gasteiger partial charge in [-0.05, 0) is 31.4 Å². The van der Waals surface area contributed by atoms with Crippen molar-refractivity contribution in [2.75, 3.05) is 0 Å². The van der Waals surface area contributed by atoms with Crippen molar-refractivity contribution < 1.29 is 5.21 Å². The van der Waals surface area contributed by atoms with Crippen LogP contribution in [0.4, 0.5) is 0 Å². The Morgan fingerprint density at radius 3 is 3.00 bits per heavy atom. The fraction of sp³-hybridized carbons (Fsp3) is 0.333. The second kappa shape index (κ2) is 3.34. The van der Waals surface area contributed by atoms with Crippen LogP contribution in [-0.2, 0) is 6.42 Å². The minimum absolute atomic E-state index is 0.498. The second-order valence-electron chi connectivity index (χ2n) is 3.03. The SMILES string of the molecule is ON=C1CCCc2nc(Cl)ccc21. The van der Waals surface area contributed by atoms with Crippen molar-refractivity contribution in [3.8, 4) is 0 Å². The molecular weight excluding hydrogens is 188 g/mol. The molecular formula is C9H9ClN2O. The Hall–Kier alpha value is -1.09. The van der Waals surface area contributed by atoms with Gasteiger partial charge in [-0.25, -0.2) is 4.98 Å². The lowest BCUT2D eigenvalue weighted by molar-refractivity contribution is 0.317. The summed E-state index contributed by atoms with van der Waals surface area (Å²) in [6.07, 6.45) is 2.70. The Balaban J connectivity index is 2.52. The highest BCUT2D eigenvalue weighted by Gasteiger charge is 2.16. The van der Waals surface area contributed by atoms with E-state index in [9.17, 15) is 0 Å². The van der Waals surface area contributed by atoms with Crippen LogP contribution in [0, 0.1) is 0 Å². The van der Waals surface area contributed by atoms with E-state index in [4.69, 9.17) is 16.8 Å². The van der Waals surface area contributed by atoms with E-state index in [1.54, 1.807) is 6.07 Å². The number of aromatic nitrogens is 1. The molecule has 0 fully saturated rings. The largest absolute Gasteiger partial charge is 0.411 e. The van der Waals surface area contributed by atoms with Crippen molar-refractivity contribution in [3.63, 3.8) is 0 Å². The Kier molecular flexibility index (Phi) is 2.19. The summed E-state index contributed by atoms with van der Waals surface area (Å²) < 4.78 is 0. The predicted molar refractivity (Wildman–Crippen MR) is 50.5 cm³/mol. The molecule has 0 saturated heterocycles. The molecule has 0 atom stereocenters. The van der Waals surface area contributed by atoms with Crippen LogP contribution in [0.3, 0.4) is 0 Å². The smallest absolute Gasteiger partial charge is 0.129 e. The first-order chi connectivity index (χ1) is 6.31. The number of halogens is 1. The van der Waals surface area contributed by atoms with Crippen LogP contribution in [-0.4, -0.2) is 15.9 Å². The maximum atomic E-state index is 8.73. The average molecular weight is 197 g/mol. The highest BCUT2D eigenvalue weighted by Crippen LogP contribution is 2.21. The fourth-order valence-electron chi connectivity index (χ4n) is 1.59. The van der Waals surface area contributed by atoms with E-state index >= 15 is 0 Å². The fourth-order valence-corrected chi connectivity index (χ4v) is 1.75. The average Bonchev–Trinajstić information content (AvgIpc) is 2.16. The van der Waals surface area contributed by atoms with Crippen LogP contribution in [0.5, 0.6) is 0 Å². The quantitative estimate of drug-likeness (QED) is 0.393. The molecule has 1 N–H and O–H groups in total. The van der Waals surface area contributed by atoms with Crippen LogP contribution in [0.1, 0.15) is 24.1 Å². The lowest BCUT2D eigenvalue weighted by atomic mass is 9.94. The lowest BCUT2D eigenvalue weighted by Crippen LogP contribution is -2.13. The molecule has 0 spiro atoms. The zero-order valence-corrected chi connectivity index (χ0v) is 7.75. The summed E-state index contributed by atoms with van der Waals surface area (Å²) >= 11 is 5.75. The standard InChI is InChI=1S/C9H9ClN2O/c10-9-5-4-6-7(11-9)2-1-3-8(6)12-13/h4-5,13H,1-3H2. The van der Waals surface area contributed by atoms with Gasteiger partial charge in [0.1, 0.15) is 5.15 Å². The molecule has 2 rings (SSSR count). The highest BCUT2D eigenvalue weighted by molar-refractivity contribution is 6.29. The van der Waals surface area contributed by atoms with E-state index in [1.165, 1.54) is 0 Å². The Morgan fingerprint density at radius 1 is 1.38 bits per heavy atom. The van der Waals surface area contributed by atoms with Gasteiger partial charge >= 0.3 is 0 Å². The van der Waals surface area contributed by atoms with E-state index in [2.05, 4.69) is 10.1 Å². The van der Waals surface area contributed by atoms with E-state index in [1.807, 2.05) is 6.07 Å². The molecule has 1 heterocycles. The van der Waals surface area contributed by atoms with E-state index in [-0.39, 0.29) is 0 Å². The second-order valence-corrected chi connectivity index (χ2v) is 3.42. The maximum absolute atomic E-state index is 8.73. The van der Waals surface area contributed by atoms with Gasteiger partial charge in [0.15, 0.2) is 0 Å². The van der Waals surface area contributed by atoms with Gasteiger partial charge in [0.2, 0.25) is 0 Å². The third-order valence-electron chi connectivity index (χ3n) is 2.20. The summed E-state index contributed by atoms with van der Waals surface area (Å²) in [6.45, 7) is 0. The molecule has 0 aliphatic heterocycles. The van der Waals surface area contributed by atoms with Crippen LogP contribution in [0.25, 0.3) is 0 Å². The van der Waals surface area contributed by atoms with E-state index in [0.29, 0.717) is 10.9 Å². The molecule has 1 aromatic rings. The topological polar surface area (TPSA) is 45.5 Å². The molecule has 1 aliphatic rings. The summed E-state index contributed by atoms with van der Waals surface area (Å²) in [5, 5.41) is 12.5. The molecule has 0 bridgehead atoms. The van der Waals surface area contributed by atoms with Gasteiger partial charge in [-0.2, -0.15) is 0 Å². The minimum atomic E-state index is 0.498. The molecule has 0 saturated carbocycles. The number of hydrogen-bond donors (Lipinski definition) is 1. The summed E-state index contributed by atoms with van der Waals surface area (Å²) in [7, 11) is 0. The van der Waals surface area contributed by atoms with Crippen molar-refractivity contribution in [1.82, 2.24) is 4.98 Å². The van der Waals surface area contributed by atoms with Gasteiger partial charge in [0, 0.05) is 5.56 Å². The first-order valence-corrected chi connectivity index (χ1v) is 4.56. The number of hydrogen-bond acceptors (Lipinski definition) is 3. The number of nitrogens with zero attached hydrogens (tertiary/aromatic N) is 2. The third kappa shape index (κ3) is 1.52. The van der Waals surface area contributed by atoms with Crippen molar-refractivity contribution in [2.24, 2.45) is 5.16 Å². The number of rotatable bonds is 0. The van der Waals surface area contributed by atoms with Crippen molar-refractivity contribution >= 4 is 17.3 Å². The number of pyridine rings is 1. The maximum Gasteiger partial charge on any atom is 0.129 e. The van der Waals surface area contributed by atoms with Crippen LogP contribution in [0.2, 0.25) is 5.15 Å². The normalized spacial score (nSPS) is 18.7. The molecule has 0 aromatic carbocycles. The predicted octanol–water partition coefficient (Wildman–Crippen LogP) is 2.25. The van der Waals surface area contributed by atoms with Gasteiger partial charge in [0.05, 0.1) is 11.4 Å². The summed E-state index contributed by atoms with van der Waals surface area (Å²) in [5.74, 6) is 0. The van der Waals surface area contributed by atoms with Gasteiger partial charge in [-0.1, -0.05) is 16.8 Å². The van der Waals surface area contributed by atoms with Crippen LogP contribution >= 0.6 is 11.6 Å². The summed E-state index contributed by atoms with van der Waals surface area (Å²) in [4.78, 5) is 4.19. The molecule has 0 radical (unpaired) electrons. The lowest BCUT2D eigenvalue weighted by Gasteiger charge is -2.15. The molecule has 4 heteroatoms. The van der Waals surface area contributed by atoms with Crippen molar-refractivity contribution in [2.45, 2.75) is 19.3 Å². The minimum Gasteiger partial charge on any atom is -0.411 e. The summed E-state index contributed by atoms with van der Waals surface area (Å²) in [5.41, 5.74) is 2.58. The summed E-state index contributed by atoms with van der Waals surface area (Å²) in [6, 6.07) is 3.58. The van der Waals surface area contributed by atoms with Crippen LogP contribution in [0.15, 0.2) is 17.3 Å². The number of oxime groups is 1. The molecule has 0 amide bonds. The molecule has 3 nitrogen and oxygen atoms in total. The molecule has 13 heavy (non-hydrogen) atoms. The van der Waals surface area contributed by atoms with Crippen molar-refractivity contribution in [3.05, 3.63) is 28.5 Å². The van der Waals surface area contributed by atoms with E-state index < -0.39 is 0 Å². The Morgan fingerprint density at radius 2 is 2.23 bits per heavy atom. The third-order valence-corrected chi connectivity index (χ3v) is 2.41. The van der Waals surface area contributed by atoms with E-state index in [0.717, 1.165) is 30.5 Å². The molecule has 1 aromatic heterocycles. The molecule has 68 valence electrons. The van der Waals surface area contributed by atoms with Gasteiger partial charge in [0.25, 0.3) is 0 Å². The first kappa shape index (κ1) is 8.51. The van der Waals surface area contributed by atoms with Gasteiger partial charge in [-0.15, -0.1) is 0 Å². The van der Waals surface area contributed by atoms with Crippen molar-refractivity contribution in [1.29, 1.82) is 0 Å².